The molecule has 1 aliphatic heterocycles. The first kappa shape index (κ1) is 14.5. The number of benzene rings is 1. The molecule has 1 aromatic carbocycles. The van der Waals surface area contributed by atoms with E-state index in [1.807, 2.05) is 24.3 Å². The Hall–Kier alpha value is -1.92. The molecular weight excluding hydrogens is 260 g/mol. The van der Waals surface area contributed by atoms with Crippen LogP contribution in [0.15, 0.2) is 24.3 Å². The molecule has 0 saturated carbocycles. The van der Waals surface area contributed by atoms with E-state index >= 15 is 0 Å². The maximum absolute atomic E-state index is 12.1. The molecule has 1 heterocycles. The number of carboxylic acid groups (broad SMARTS) is 1. The number of aliphatic carboxylic acids is 1. The van der Waals surface area contributed by atoms with Crippen LogP contribution in [0.3, 0.4) is 0 Å². The lowest BCUT2D eigenvalue weighted by Crippen LogP contribution is -2.40. The monoisotopic (exact) mass is 278 g/mol. The molecule has 1 amide bonds. The Morgan fingerprint density at radius 3 is 3.00 bits per heavy atom. The van der Waals surface area contributed by atoms with Crippen molar-refractivity contribution in [3.05, 3.63) is 35.4 Å². The summed E-state index contributed by atoms with van der Waals surface area (Å²) in [6, 6.07) is 7.88. The van der Waals surface area contributed by atoms with Crippen LogP contribution < -0.4 is 10.6 Å². The van der Waals surface area contributed by atoms with Crippen LogP contribution in [0.4, 0.5) is 0 Å². The summed E-state index contributed by atoms with van der Waals surface area (Å²) in [6.45, 7) is 1.55. The van der Waals surface area contributed by atoms with E-state index in [2.05, 4.69) is 10.6 Å². The summed E-state index contributed by atoms with van der Waals surface area (Å²) in [7, 11) is 0. The third kappa shape index (κ3) is 3.79. The molecule has 0 fully saturated rings. The fraction of sp³-hybridized carbons (Fsp3) is 0.429. The van der Waals surface area contributed by atoms with Crippen molar-refractivity contribution in [3.63, 3.8) is 0 Å². The average molecular weight is 278 g/mol. The summed E-state index contributed by atoms with van der Waals surface area (Å²) in [6.07, 6.45) is 0. The van der Waals surface area contributed by atoms with Gasteiger partial charge in [0.05, 0.1) is 12.5 Å². The fourth-order valence-electron chi connectivity index (χ4n) is 2.26. The van der Waals surface area contributed by atoms with Gasteiger partial charge in [0.15, 0.2) is 0 Å². The van der Waals surface area contributed by atoms with Gasteiger partial charge in [0.2, 0.25) is 5.91 Å². The highest BCUT2D eigenvalue weighted by molar-refractivity contribution is 5.84. The van der Waals surface area contributed by atoms with Gasteiger partial charge in [-0.05, 0) is 11.1 Å². The number of hydrogen-bond acceptors (Lipinski definition) is 4. The van der Waals surface area contributed by atoms with Crippen molar-refractivity contribution in [1.82, 2.24) is 10.6 Å². The van der Waals surface area contributed by atoms with Crippen LogP contribution in [0.2, 0.25) is 0 Å². The summed E-state index contributed by atoms with van der Waals surface area (Å²) < 4.78 is 4.87. The zero-order valence-corrected chi connectivity index (χ0v) is 11.1. The van der Waals surface area contributed by atoms with Gasteiger partial charge in [0.1, 0.15) is 6.61 Å². The van der Waals surface area contributed by atoms with Gasteiger partial charge in [0.25, 0.3) is 0 Å². The Labute approximate surface area is 117 Å². The lowest BCUT2D eigenvalue weighted by Gasteiger charge is -2.25. The Morgan fingerprint density at radius 1 is 1.40 bits per heavy atom. The van der Waals surface area contributed by atoms with Gasteiger partial charge in [-0.25, -0.2) is 4.79 Å². The molecule has 20 heavy (non-hydrogen) atoms. The van der Waals surface area contributed by atoms with E-state index in [1.54, 1.807) is 0 Å². The van der Waals surface area contributed by atoms with E-state index in [0.29, 0.717) is 13.1 Å². The van der Waals surface area contributed by atoms with Gasteiger partial charge >= 0.3 is 5.97 Å². The molecular formula is C14H18N2O4. The zero-order chi connectivity index (χ0) is 14.4. The summed E-state index contributed by atoms with van der Waals surface area (Å²) in [5.41, 5.74) is 2.19. The normalized spacial score (nSPS) is 17.3. The van der Waals surface area contributed by atoms with Crippen LogP contribution >= 0.6 is 0 Å². The number of carboxylic acids is 1. The first-order valence-corrected chi connectivity index (χ1v) is 6.54. The van der Waals surface area contributed by atoms with Crippen molar-refractivity contribution in [2.24, 2.45) is 0 Å². The largest absolute Gasteiger partial charge is 0.480 e. The van der Waals surface area contributed by atoms with Gasteiger partial charge < -0.3 is 20.5 Å². The summed E-state index contributed by atoms with van der Waals surface area (Å²) >= 11 is 0. The highest BCUT2D eigenvalue weighted by Crippen LogP contribution is 2.23. The third-order valence-corrected chi connectivity index (χ3v) is 3.18. The molecule has 1 aromatic rings. The SMILES string of the molecule is O=C(O)COCCNC(=O)C1CNCc2ccccc21. The Bertz CT molecular complexity index is 490. The second-order valence-electron chi connectivity index (χ2n) is 4.62. The van der Waals surface area contributed by atoms with E-state index in [-0.39, 0.29) is 25.0 Å². The van der Waals surface area contributed by atoms with Crippen molar-refractivity contribution >= 4 is 11.9 Å². The maximum atomic E-state index is 12.1. The molecule has 0 aliphatic carbocycles. The van der Waals surface area contributed by atoms with Crippen LogP contribution in [0.1, 0.15) is 17.0 Å². The van der Waals surface area contributed by atoms with Crippen molar-refractivity contribution < 1.29 is 19.4 Å². The molecule has 0 spiro atoms. The van der Waals surface area contributed by atoms with Gasteiger partial charge in [-0.1, -0.05) is 24.3 Å². The number of carbonyl (C=O) groups excluding carboxylic acids is 1. The molecule has 1 unspecified atom stereocenters. The van der Waals surface area contributed by atoms with Gasteiger partial charge in [-0.2, -0.15) is 0 Å². The molecule has 2 rings (SSSR count). The van der Waals surface area contributed by atoms with E-state index in [9.17, 15) is 9.59 Å². The fourth-order valence-corrected chi connectivity index (χ4v) is 2.26. The molecule has 0 radical (unpaired) electrons. The van der Waals surface area contributed by atoms with Crippen LogP contribution in [-0.4, -0.2) is 43.3 Å². The molecule has 0 bridgehead atoms. The zero-order valence-electron chi connectivity index (χ0n) is 11.1. The first-order valence-electron chi connectivity index (χ1n) is 6.54. The second-order valence-corrected chi connectivity index (χ2v) is 4.62. The molecule has 1 aliphatic rings. The van der Waals surface area contributed by atoms with Gasteiger partial charge in [-0.15, -0.1) is 0 Å². The van der Waals surface area contributed by atoms with E-state index in [0.717, 1.165) is 17.7 Å². The lowest BCUT2D eigenvalue weighted by atomic mass is 9.90. The van der Waals surface area contributed by atoms with Crippen molar-refractivity contribution in [3.8, 4) is 0 Å². The predicted molar refractivity (Wildman–Crippen MR) is 72.4 cm³/mol. The molecule has 3 N–H and O–H groups in total. The summed E-state index contributed by atoms with van der Waals surface area (Å²) in [5.74, 6) is -1.29. The number of fused-ring (bicyclic) bond motifs is 1. The van der Waals surface area contributed by atoms with Gasteiger partial charge in [-0.3, -0.25) is 4.79 Å². The van der Waals surface area contributed by atoms with E-state index in [1.165, 1.54) is 0 Å². The Morgan fingerprint density at radius 2 is 2.20 bits per heavy atom. The highest BCUT2D eigenvalue weighted by Gasteiger charge is 2.25. The van der Waals surface area contributed by atoms with Gasteiger partial charge in [0, 0.05) is 19.6 Å². The summed E-state index contributed by atoms with van der Waals surface area (Å²) in [5, 5.41) is 14.4. The van der Waals surface area contributed by atoms with Crippen molar-refractivity contribution in [1.29, 1.82) is 0 Å². The van der Waals surface area contributed by atoms with Crippen LogP contribution in [0, 0.1) is 0 Å². The first-order chi connectivity index (χ1) is 9.68. The number of rotatable bonds is 6. The predicted octanol–water partition coefficient (Wildman–Crippen LogP) is 0.0908. The second kappa shape index (κ2) is 7.02. The number of hydrogen-bond donors (Lipinski definition) is 3. The van der Waals surface area contributed by atoms with Crippen LogP contribution in [0.5, 0.6) is 0 Å². The van der Waals surface area contributed by atoms with Crippen molar-refractivity contribution in [2.75, 3.05) is 26.3 Å². The lowest BCUT2D eigenvalue weighted by molar-refractivity contribution is -0.142. The number of nitrogens with one attached hydrogen (secondary N) is 2. The molecule has 108 valence electrons. The van der Waals surface area contributed by atoms with Crippen LogP contribution in [-0.2, 0) is 20.9 Å². The standard InChI is InChI=1S/C14H18N2O4/c17-13(18)9-20-6-5-16-14(19)12-8-15-7-10-3-1-2-4-11(10)12/h1-4,12,15H,5-9H2,(H,16,19)(H,17,18). The average Bonchev–Trinajstić information content (AvgIpc) is 2.45. The minimum Gasteiger partial charge on any atom is -0.480 e. The maximum Gasteiger partial charge on any atom is 0.329 e. The number of carbonyl (C=O) groups is 2. The molecule has 1 atom stereocenters. The van der Waals surface area contributed by atoms with E-state index in [4.69, 9.17) is 9.84 Å². The Kier molecular flexibility index (Phi) is 5.09. The minimum absolute atomic E-state index is 0.0661. The molecule has 0 saturated heterocycles. The molecule has 0 aromatic heterocycles. The summed E-state index contributed by atoms with van der Waals surface area (Å²) in [4.78, 5) is 22.4. The van der Waals surface area contributed by atoms with Crippen molar-refractivity contribution in [2.45, 2.75) is 12.5 Å². The highest BCUT2D eigenvalue weighted by atomic mass is 16.5. The number of ether oxygens (including phenoxy) is 1. The Balaban J connectivity index is 1.83. The smallest absolute Gasteiger partial charge is 0.329 e. The van der Waals surface area contributed by atoms with Crippen LogP contribution in [0.25, 0.3) is 0 Å². The number of amides is 1. The molecule has 6 nitrogen and oxygen atoms in total. The van der Waals surface area contributed by atoms with E-state index < -0.39 is 5.97 Å². The topological polar surface area (TPSA) is 87.7 Å². The third-order valence-electron chi connectivity index (χ3n) is 3.18. The molecule has 6 heteroatoms. The minimum atomic E-state index is -1.01. The quantitative estimate of drug-likeness (QED) is 0.642.